The summed E-state index contributed by atoms with van der Waals surface area (Å²) < 4.78 is 13.1. The highest BCUT2D eigenvalue weighted by atomic mass is 19.1. The van der Waals surface area contributed by atoms with Crippen LogP contribution >= 0.6 is 0 Å². The van der Waals surface area contributed by atoms with E-state index in [1.807, 2.05) is 6.07 Å². The van der Waals surface area contributed by atoms with Crippen LogP contribution in [0.15, 0.2) is 24.3 Å². The van der Waals surface area contributed by atoms with Crippen molar-refractivity contribution in [2.45, 2.75) is 44.7 Å². The van der Waals surface area contributed by atoms with Crippen LogP contribution in [0.25, 0.3) is 0 Å². The van der Waals surface area contributed by atoms with Gasteiger partial charge >= 0.3 is 0 Å². The summed E-state index contributed by atoms with van der Waals surface area (Å²) in [5.74, 6) is 0.743. The SMILES string of the molecule is CC(C)C(CO)NC1CC(c2cccc(F)c2)C1. The molecule has 0 saturated heterocycles. The molecule has 1 fully saturated rings. The highest BCUT2D eigenvalue weighted by Gasteiger charge is 2.32. The Balaban J connectivity index is 1.83. The van der Waals surface area contributed by atoms with Crippen LogP contribution in [-0.2, 0) is 0 Å². The second-order valence-electron chi connectivity index (χ2n) is 5.62. The molecule has 1 aliphatic rings. The van der Waals surface area contributed by atoms with Crippen molar-refractivity contribution in [3.63, 3.8) is 0 Å². The number of aliphatic hydroxyl groups excluding tert-OH is 1. The van der Waals surface area contributed by atoms with Gasteiger partial charge in [-0.2, -0.15) is 0 Å². The molecule has 1 atom stereocenters. The van der Waals surface area contributed by atoms with E-state index in [-0.39, 0.29) is 18.5 Å². The molecule has 0 spiro atoms. The molecule has 2 nitrogen and oxygen atoms in total. The fourth-order valence-electron chi connectivity index (χ4n) is 2.55. The van der Waals surface area contributed by atoms with Crippen LogP contribution in [0.5, 0.6) is 0 Å². The van der Waals surface area contributed by atoms with Gasteiger partial charge in [-0.25, -0.2) is 4.39 Å². The first-order valence-electron chi connectivity index (χ1n) is 6.72. The van der Waals surface area contributed by atoms with Crippen molar-refractivity contribution in [3.8, 4) is 0 Å². The highest BCUT2D eigenvalue weighted by Crippen LogP contribution is 2.37. The van der Waals surface area contributed by atoms with E-state index >= 15 is 0 Å². The van der Waals surface area contributed by atoms with Gasteiger partial charge in [0.25, 0.3) is 0 Å². The van der Waals surface area contributed by atoms with Crippen LogP contribution < -0.4 is 5.32 Å². The Morgan fingerprint density at radius 3 is 2.67 bits per heavy atom. The summed E-state index contributed by atoms with van der Waals surface area (Å²) in [7, 11) is 0. The van der Waals surface area contributed by atoms with Gasteiger partial charge < -0.3 is 10.4 Å². The molecule has 0 aromatic heterocycles. The maximum absolute atomic E-state index is 13.1. The zero-order chi connectivity index (χ0) is 13.1. The third-order valence-corrected chi connectivity index (χ3v) is 3.91. The van der Waals surface area contributed by atoms with Crippen molar-refractivity contribution in [1.29, 1.82) is 0 Å². The monoisotopic (exact) mass is 251 g/mol. The summed E-state index contributed by atoms with van der Waals surface area (Å²) in [5, 5.41) is 12.7. The smallest absolute Gasteiger partial charge is 0.123 e. The van der Waals surface area contributed by atoms with Gasteiger partial charge in [0, 0.05) is 12.1 Å². The van der Waals surface area contributed by atoms with Gasteiger partial charge in [-0.15, -0.1) is 0 Å². The molecule has 1 saturated carbocycles. The molecule has 2 N–H and O–H groups in total. The average Bonchev–Trinajstić information content (AvgIpc) is 2.27. The minimum Gasteiger partial charge on any atom is -0.395 e. The standard InChI is InChI=1S/C15H22FNO/c1-10(2)15(9-18)17-14-7-12(8-14)11-4-3-5-13(16)6-11/h3-6,10,12,14-15,17-18H,7-9H2,1-2H3. The summed E-state index contributed by atoms with van der Waals surface area (Å²) >= 11 is 0. The lowest BCUT2D eigenvalue weighted by atomic mass is 9.75. The third kappa shape index (κ3) is 3.09. The Bertz CT molecular complexity index is 388. The van der Waals surface area contributed by atoms with E-state index in [4.69, 9.17) is 0 Å². The summed E-state index contributed by atoms with van der Waals surface area (Å²) in [6.07, 6.45) is 2.07. The lowest BCUT2D eigenvalue weighted by molar-refractivity contribution is 0.169. The van der Waals surface area contributed by atoms with E-state index in [0.29, 0.717) is 17.9 Å². The molecule has 2 rings (SSSR count). The van der Waals surface area contributed by atoms with E-state index in [2.05, 4.69) is 19.2 Å². The average molecular weight is 251 g/mol. The number of nitrogens with one attached hydrogen (secondary N) is 1. The van der Waals surface area contributed by atoms with Crippen LogP contribution in [0, 0.1) is 11.7 Å². The molecule has 0 aliphatic heterocycles. The minimum absolute atomic E-state index is 0.153. The molecule has 1 unspecified atom stereocenters. The second kappa shape index (κ2) is 5.81. The Hall–Kier alpha value is -0.930. The number of hydrogen-bond donors (Lipinski definition) is 2. The van der Waals surface area contributed by atoms with Crippen molar-refractivity contribution in [2.75, 3.05) is 6.61 Å². The zero-order valence-electron chi connectivity index (χ0n) is 11.1. The van der Waals surface area contributed by atoms with Gasteiger partial charge in [-0.05, 0) is 42.4 Å². The van der Waals surface area contributed by atoms with E-state index in [1.165, 1.54) is 6.07 Å². The summed E-state index contributed by atoms with van der Waals surface area (Å²) in [6.45, 7) is 4.39. The van der Waals surface area contributed by atoms with Crippen molar-refractivity contribution >= 4 is 0 Å². The predicted octanol–water partition coefficient (Wildman–Crippen LogP) is 2.68. The molecular formula is C15H22FNO. The van der Waals surface area contributed by atoms with Gasteiger partial charge in [0.15, 0.2) is 0 Å². The fourth-order valence-corrected chi connectivity index (χ4v) is 2.55. The summed E-state index contributed by atoms with van der Waals surface area (Å²) in [6, 6.07) is 7.51. The molecule has 0 radical (unpaired) electrons. The molecule has 0 amide bonds. The quantitative estimate of drug-likeness (QED) is 0.843. The molecule has 0 bridgehead atoms. The van der Waals surface area contributed by atoms with E-state index in [9.17, 15) is 9.50 Å². The lowest BCUT2D eigenvalue weighted by Crippen LogP contribution is -2.49. The van der Waals surface area contributed by atoms with Crippen LogP contribution in [-0.4, -0.2) is 23.8 Å². The Morgan fingerprint density at radius 1 is 1.39 bits per heavy atom. The summed E-state index contributed by atoms with van der Waals surface area (Å²) in [5.41, 5.74) is 1.10. The molecule has 18 heavy (non-hydrogen) atoms. The van der Waals surface area contributed by atoms with Gasteiger partial charge in [-0.1, -0.05) is 26.0 Å². The molecule has 0 heterocycles. The zero-order valence-corrected chi connectivity index (χ0v) is 11.1. The number of hydrogen-bond acceptors (Lipinski definition) is 2. The first kappa shape index (κ1) is 13.5. The summed E-state index contributed by atoms with van der Waals surface area (Å²) in [4.78, 5) is 0. The normalized spacial score (nSPS) is 24.9. The van der Waals surface area contributed by atoms with Gasteiger partial charge in [0.05, 0.1) is 6.61 Å². The van der Waals surface area contributed by atoms with Gasteiger partial charge in [-0.3, -0.25) is 0 Å². The van der Waals surface area contributed by atoms with E-state index in [0.717, 1.165) is 18.4 Å². The van der Waals surface area contributed by atoms with Gasteiger partial charge in [0.2, 0.25) is 0 Å². The third-order valence-electron chi connectivity index (χ3n) is 3.91. The first-order chi connectivity index (χ1) is 8.60. The molecule has 1 aromatic rings. The molecule has 1 aromatic carbocycles. The number of benzene rings is 1. The molecule has 1 aliphatic carbocycles. The predicted molar refractivity (Wildman–Crippen MR) is 71.0 cm³/mol. The van der Waals surface area contributed by atoms with Crippen LogP contribution in [0.4, 0.5) is 4.39 Å². The Labute approximate surface area is 108 Å². The van der Waals surface area contributed by atoms with Crippen LogP contribution in [0.3, 0.4) is 0 Å². The fraction of sp³-hybridized carbons (Fsp3) is 0.600. The lowest BCUT2D eigenvalue weighted by Gasteiger charge is -2.39. The Morgan fingerprint density at radius 2 is 2.11 bits per heavy atom. The Kier molecular flexibility index (Phi) is 4.36. The van der Waals surface area contributed by atoms with E-state index < -0.39 is 0 Å². The largest absolute Gasteiger partial charge is 0.395 e. The van der Waals surface area contributed by atoms with E-state index in [1.54, 1.807) is 12.1 Å². The molecule has 3 heteroatoms. The highest BCUT2D eigenvalue weighted by molar-refractivity contribution is 5.23. The van der Waals surface area contributed by atoms with Crippen molar-refractivity contribution in [1.82, 2.24) is 5.32 Å². The number of halogens is 1. The topological polar surface area (TPSA) is 32.3 Å². The maximum Gasteiger partial charge on any atom is 0.123 e. The van der Waals surface area contributed by atoms with Gasteiger partial charge in [0.1, 0.15) is 5.82 Å². The van der Waals surface area contributed by atoms with Crippen molar-refractivity contribution in [3.05, 3.63) is 35.6 Å². The second-order valence-corrected chi connectivity index (χ2v) is 5.62. The van der Waals surface area contributed by atoms with Crippen LogP contribution in [0.2, 0.25) is 0 Å². The maximum atomic E-state index is 13.1. The van der Waals surface area contributed by atoms with Crippen molar-refractivity contribution in [2.24, 2.45) is 5.92 Å². The van der Waals surface area contributed by atoms with Crippen LogP contribution in [0.1, 0.15) is 38.2 Å². The minimum atomic E-state index is -0.153. The number of rotatable bonds is 5. The number of aliphatic hydroxyl groups is 1. The first-order valence-corrected chi connectivity index (χ1v) is 6.72. The molecule has 100 valence electrons. The van der Waals surface area contributed by atoms with Crippen molar-refractivity contribution < 1.29 is 9.50 Å². The molecular weight excluding hydrogens is 229 g/mol.